The quantitative estimate of drug-likeness (QED) is 0.874. The fourth-order valence-corrected chi connectivity index (χ4v) is 2.79. The molecular weight excluding hydrogens is 290 g/mol. The summed E-state index contributed by atoms with van der Waals surface area (Å²) in [5.41, 5.74) is 0.440. The van der Waals surface area contributed by atoms with Crippen molar-refractivity contribution in [3.63, 3.8) is 0 Å². The Balaban J connectivity index is 1.81. The van der Waals surface area contributed by atoms with Gasteiger partial charge in [-0.05, 0) is 51.8 Å². The number of nitrogens with one attached hydrogen (secondary N) is 1. The zero-order chi connectivity index (χ0) is 16.8. The highest BCUT2D eigenvalue weighted by atomic mass is 16.5. The van der Waals surface area contributed by atoms with Crippen molar-refractivity contribution < 1.29 is 9.53 Å². The lowest BCUT2D eigenvalue weighted by Crippen LogP contribution is -2.39. The van der Waals surface area contributed by atoms with Crippen molar-refractivity contribution in [2.45, 2.75) is 39.3 Å². The molecule has 0 aromatic heterocycles. The SMILES string of the molecule is CC(C)N1CC[C@H](CNC(=O)[C@H](C)Oc2ccccc2C#N)C1. The van der Waals surface area contributed by atoms with Crippen LogP contribution in [0.3, 0.4) is 0 Å². The zero-order valence-electron chi connectivity index (χ0n) is 14.1. The van der Waals surface area contributed by atoms with E-state index in [1.165, 1.54) is 0 Å². The van der Waals surface area contributed by atoms with Crippen LogP contribution in [0.25, 0.3) is 0 Å². The van der Waals surface area contributed by atoms with Crippen LogP contribution in [0.5, 0.6) is 5.75 Å². The fourth-order valence-electron chi connectivity index (χ4n) is 2.79. The minimum absolute atomic E-state index is 0.138. The number of rotatable bonds is 6. The van der Waals surface area contributed by atoms with Crippen molar-refractivity contribution in [1.29, 1.82) is 5.26 Å². The Morgan fingerprint density at radius 3 is 2.83 bits per heavy atom. The lowest BCUT2D eigenvalue weighted by Gasteiger charge is -2.21. The topological polar surface area (TPSA) is 65.4 Å². The molecule has 0 bridgehead atoms. The Morgan fingerprint density at radius 1 is 1.43 bits per heavy atom. The summed E-state index contributed by atoms with van der Waals surface area (Å²) in [6, 6.07) is 9.58. The third-order valence-electron chi connectivity index (χ3n) is 4.29. The van der Waals surface area contributed by atoms with Crippen molar-refractivity contribution in [2.75, 3.05) is 19.6 Å². The molecule has 1 saturated heterocycles. The van der Waals surface area contributed by atoms with Crippen LogP contribution in [-0.4, -0.2) is 42.6 Å². The summed E-state index contributed by atoms with van der Waals surface area (Å²) in [7, 11) is 0. The molecule has 0 saturated carbocycles. The molecule has 1 aliphatic rings. The van der Waals surface area contributed by atoms with Gasteiger partial charge >= 0.3 is 0 Å². The van der Waals surface area contributed by atoms with Crippen LogP contribution in [0.15, 0.2) is 24.3 Å². The molecule has 0 radical (unpaired) electrons. The Morgan fingerprint density at radius 2 is 2.17 bits per heavy atom. The molecule has 1 aliphatic heterocycles. The van der Waals surface area contributed by atoms with Crippen molar-refractivity contribution in [2.24, 2.45) is 5.92 Å². The lowest BCUT2D eigenvalue weighted by molar-refractivity contribution is -0.127. The highest BCUT2D eigenvalue weighted by Crippen LogP contribution is 2.19. The number of nitriles is 1. The number of nitrogens with zero attached hydrogens (tertiary/aromatic N) is 2. The number of carbonyl (C=O) groups excluding carboxylic acids is 1. The average molecular weight is 315 g/mol. The minimum Gasteiger partial charge on any atom is -0.480 e. The van der Waals surface area contributed by atoms with Gasteiger partial charge in [0.05, 0.1) is 5.56 Å². The van der Waals surface area contributed by atoms with Gasteiger partial charge < -0.3 is 15.0 Å². The summed E-state index contributed by atoms with van der Waals surface area (Å²) in [5, 5.41) is 12.0. The molecule has 5 heteroatoms. The van der Waals surface area contributed by atoms with Crippen molar-refractivity contribution in [3.05, 3.63) is 29.8 Å². The summed E-state index contributed by atoms with van der Waals surface area (Å²) in [4.78, 5) is 14.6. The average Bonchev–Trinajstić information content (AvgIpc) is 3.02. The second kappa shape index (κ2) is 7.98. The van der Waals surface area contributed by atoms with E-state index in [-0.39, 0.29) is 5.91 Å². The summed E-state index contributed by atoms with van der Waals surface area (Å²) in [6.07, 6.45) is 0.498. The third-order valence-corrected chi connectivity index (χ3v) is 4.29. The van der Waals surface area contributed by atoms with Gasteiger partial charge in [0.25, 0.3) is 5.91 Å². The highest BCUT2D eigenvalue weighted by Gasteiger charge is 2.25. The van der Waals surface area contributed by atoms with E-state index in [1.54, 1.807) is 31.2 Å². The van der Waals surface area contributed by atoms with E-state index in [9.17, 15) is 4.79 Å². The number of hydrogen-bond donors (Lipinski definition) is 1. The number of likely N-dealkylation sites (tertiary alicyclic amines) is 1. The molecule has 23 heavy (non-hydrogen) atoms. The van der Waals surface area contributed by atoms with Gasteiger partial charge in [0.15, 0.2) is 6.10 Å². The fraction of sp³-hybridized carbons (Fsp3) is 0.556. The number of benzene rings is 1. The van der Waals surface area contributed by atoms with E-state index in [1.807, 2.05) is 0 Å². The van der Waals surface area contributed by atoms with Crippen LogP contribution in [-0.2, 0) is 4.79 Å². The number of amides is 1. The van der Waals surface area contributed by atoms with Crippen molar-refractivity contribution in [3.8, 4) is 11.8 Å². The molecule has 5 nitrogen and oxygen atoms in total. The largest absolute Gasteiger partial charge is 0.480 e. The molecule has 1 aromatic rings. The molecule has 0 spiro atoms. The smallest absolute Gasteiger partial charge is 0.260 e. The van der Waals surface area contributed by atoms with Gasteiger partial charge in [-0.25, -0.2) is 0 Å². The maximum absolute atomic E-state index is 12.2. The van der Waals surface area contributed by atoms with E-state index in [2.05, 4.69) is 30.1 Å². The molecule has 2 atom stereocenters. The first-order valence-corrected chi connectivity index (χ1v) is 8.18. The monoisotopic (exact) mass is 315 g/mol. The summed E-state index contributed by atoms with van der Waals surface area (Å²) >= 11 is 0. The molecule has 1 fully saturated rings. The molecular formula is C18H25N3O2. The normalized spacial score (nSPS) is 19.3. The van der Waals surface area contributed by atoms with E-state index < -0.39 is 6.10 Å². The minimum atomic E-state index is -0.618. The maximum atomic E-state index is 12.2. The molecule has 0 aliphatic carbocycles. The van der Waals surface area contributed by atoms with Crippen LogP contribution in [0.2, 0.25) is 0 Å². The van der Waals surface area contributed by atoms with Gasteiger partial charge in [0.1, 0.15) is 11.8 Å². The van der Waals surface area contributed by atoms with Crippen LogP contribution in [0.1, 0.15) is 32.8 Å². The first-order chi connectivity index (χ1) is 11.0. The number of ether oxygens (including phenoxy) is 1. The predicted molar refractivity (Wildman–Crippen MR) is 89.1 cm³/mol. The zero-order valence-corrected chi connectivity index (χ0v) is 14.1. The van der Waals surface area contributed by atoms with Crippen LogP contribution >= 0.6 is 0 Å². The Bertz CT molecular complexity index is 580. The highest BCUT2D eigenvalue weighted by molar-refractivity contribution is 5.80. The van der Waals surface area contributed by atoms with Crippen LogP contribution < -0.4 is 10.1 Å². The third kappa shape index (κ3) is 4.70. The first-order valence-electron chi connectivity index (χ1n) is 8.18. The molecule has 1 amide bonds. The molecule has 1 aromatic carbocycles. The molecule has 0 unspecified atom stereocenters. The number of hydrogen-bond acceptors (Lipinski definition) is 4. The van der Waals surface area contributed by atoms with Gasteiger partial charge in [-0.3, -0.25) is 4.79 Å². The number of para-hydroxylation sites is 1. The predicted octanol–water partition coefficient (Wildman–Crippen LogP) is 2.17. The summed E-state index contributed by atoms with van der Waals surface area (Å²) in [5.74, 6) is 0.810. The second-order valence-corrected chi connectivity index (χ2v) is 6.36. The van der Waals surface area contributed by atoms with Gasteiger partial charge in [-0.15, -0.1) is 0 Å². The number of carbonyl (C=O) groups is 1. The van der Waals surface area contributed by atoms with Gasteiger partial charge in [0.2, 0.25) is 0 Å². The summed E-state index contributed by atoms with van der Waals surface area (Å²) in [6.45, 7) is 8.91. The van der Waals surface area contributed by atoms with Gasteiger partial charge in [-0.2, -0.15) is 5.26 Å². The Labute approximate surface area is 138 Å². The van der Waals surface area contributed by atoms with E-state index in [0.717, 1.165) is 19.5 Å². The first kappa shape index (κ1) is 17.3. The Hall–Kier alpha value is -2.06. The molecule has 1 heterocycles. The van der Waals surface area contributed by atoms with E-state index >= 15 is 0 Å². The molecule has 2 rings (SSSR count). The standard InChI is InChI=1S/C18H25N3O2/c1-13(2)21-9-8-15(12-21)11-20-18(22)14(3)23-17-7-5-4-6-16(17)10-19/h4-7,13-15H,8-9,11-12H2,1-3H3,(H,20,22)/t14-,15+/m0/s1. The molecule has 124 valence electrons. The van der Waals surface area contributed by atoms with Crippen LogP contribution in [0.4, 0.5) is 0 Å². The summed E-state index contributed by atoms with van der Waals surface area (Å²) < 4.78 is 5.63. The lowest BCUT2D eigenvalue weighted by atomic mass is 10.1. The van der Waals surface area contributed by atoms with E-state index in [4.69, 9.17) is 10.00 Å². The second-order valence-electron chi connectivity index (χ2n) is 6.36. The van der Waals surface area contributed by atoms with Crippen molar-refractivity contribution >= 4 is 5.91 Å². The van der Waals surface area contributed by atoms with Crippen molar-refractivity contribution in [1.82, 2.24) is 10.2 Å². The van der Waals surface area contributed by atoms with Gasteiger partial charge in [-0.1, -0.05) is 12.1 Å². The molecule has 1 N–H and O–H groups in total. The van der Waals surface area contributed by atoms with Gasteiger partial charge in [0, 0.05) is 19.1 Å². The van der Waals surface area contributed by atoms with E-state index in [0.29, 0.717) is 29.8 Å². The Kier molecular flexibility index (Phi) is 6.00. The van der Waals surface area contributed by atoms with Crippen LogP contribution in [0, 0.1) is 17.2 Å². The maximum Gasteiger partial charge on any atom is 0.260 e.